The molecule has 0 radical (unpaired) electrons. The zero-order valence-corrected chi connectivity index (χ0v) is 15.3. The van der Waals surface area contributed by atoms with Gasteiger partial charge in [-0.05, 0) is 38.8 Å². The molecule has 0 aliphatic rings. The van der Waals surface area contributed by atoms with Crippen LogP contribution in [0.15, 0.2) is 35.1 Å². The number of nitrogens with one attached hydrogen (secondary N) is 2. The number of anilines is 1. The van der Waals surface area contributed by atoms with Crippen LogP contribution in [0.1, 0.15) is 39.8 Å². The van der Waals surface area contributed by atoms with Gasteiger partial charge in [0.05, 0.1) is 5.69 Å². The number of aromatic amines is 1. The highest BCUT2D eigenvalue weighted by atomic mass is 16.2. The average molecular weight is 351 g/mol. The van der Waals surface area contributed by atoms with E-state index in [4.69, 9.17) is 0 Å². The van der Waals surface area contributed by atoms with E-state index in [2.05, 4.69) is 20.4 Å². The molecular weight excluding hydrogens is 330 g/mol. The quantitative estimate of drug-likeness (QED) is 0.756. The smallest absolute Gasteiger partial charge is 0.257 e. The minimum Gasteiger partial charge on any atom is -0.306 e. The lowest BCUT2D eigenvalue weighted by molar-refractivity contribution is 0.102. The van der Waals surface area contributed by atoms with E-state index in [1.807, 2.05) is 39.0 Å². The largest absolute Gasteiger partial charge is 0.306 e. The second-order valence-corrected chi connectivity index (χ2v) is 6.16. The summed E-state index contributed by atoms with van der Waals surface area (Å²) in [6.07, 6.45) is 0.601. The van der Waals surface area contributed by atoms with Crippen molar-refractivity contribution in [3.63, 3.8) is 0 Å². The molecule has 134 valence electrons. The lowest BCUT2D eigenvalue weighted by Gasteiger charge is -2.10. The van der Waals surface area contributed by atoms with Crippen LogP contribution in [0.5, 0.6) is 0 Å². The number of carbonyl (C=O) groups excluding carboxylic acids is 1. The van der Waals surface area contributed by atoms with E-state index in [0.29, 0.717) is 34.8 Å². The van der Waals surface area contributed by atoms with E-state index in [9.17, 15) is 9.59 Å². The molecule has 0 fully saturated rings. The standard InChI is InChI=1S/C19H21N5O2/c1-5-14-13(4)20-19(22-17(14)25)24-16(10-12(3)23-24)21-18(26)15-9-7-6-8-11(15)2/h6-10H,5H2,1-4H3,(H,21,26)(H,20,22,25). The van der Waals surface area contributed by atoms with Gasteiger partial charge in [-0.3, -0.25) is 14.6 Å². The Morgan fingerprint density at radius 2 is 1.96 bits per heavy atom. The third kappa shape index (κ3) is 3.28. The predicted octanol–water partition coefficient (Wildman–Crippen LogP) is 2.70. The number of rotatable bonds is 4. The van der Waals surface area contributed by atoms with Crippen LogP contribution in [0, 0.1) is 20.8 Å². The van der Waals surface area contributed by atoms with Gasteiger partial charge in [-0.2, -0.15) is 9.78 Å². The molecule has 26 heavy (non-hydrogen) atoms. The fourth-order valence-corrected chi connectivity index (χ4v) is 2.87. The highest BCUT2D eigenvalue weighted by Crippen LogP contribution is 2.17. The Bertz CT molecular complexity index is 1030. The number of hydrogen-bond acceptors (Lipinski definition) is 4. The first-order valence-electron chi connectivity index (χ1n) is 8.44. The highest BCUT2D eigenvalue weighted by molar-refractivity contribution is 6.04. The first-order valence-corrected chi connectivity index (χ1v) is 8.44. The molecule has 0 atom stereocenters. The second-order valence-electron chi connectivity index (χ2n) is 6.16. The number of benzene rings is 1. The topological polar surface area (TPSA) is 92.7 Å². The fraction of sp³-hybridized carbons (Fsp3) is 0.263. The van der Waals surface area contributed by atoms with Gasteiger partial charge in [-0.15, -0.1) is 0 Å². The minimum absolute atomic E-state index is 0.195. The number of nitrogens with zero attached hydrogens (tertiary/aromatic N) is 3. The molecule has 7 heteroatoms. The summed E-state index contributed by atoms with van der Waals surface area (Å²) in [6, 6.07) is 9.07. The molecule has 1 aromatic carbocycles. The number of amides is 1. The summed E-state index contributed by atoms with van der Waals surface area (Å²) >= 11 is 0. The van der Waals surface area contributed by atoms with Gasteiger partial charge in [-0.25, -0.2) is 4.98 Å². The second kappa shape index (κ2) is 6.95. The van der Waals surface area contributed by atoms with Crippen LogP contribution in [0.25, 0.3) is 5.95 Å². The average Bonchev–Trinajstić information content (AvgIpc) is 2.95. The molecule has 2 aromatic heterocycles. The van der Waals surface area contributed by atoms with Gasteiger partial charge >= 0.3 is 0 Å². The molecule has 1 amide bonds. The van der Waals surface area contributed by atoms with E-state index in [-0.39, 0.29) is 17.4 Å². The molecule has 0 saturated heterocycles. The molecule has 0 aliphatic carbocycles. The van der Waals surface area contributed by atoms with Crippen molar-refractivity contribution in [1.29, 1.82) is 0 Å². The summed E-state index contributed by atoms with van der Waals surface area (Å²) in [5.41, 5.74) is 3.25. The monoisotopic (exact) mass is 351 g/mol. The molecule has 0 saturated carbocycles. The van der Waals surface area contributed by atoms with Crippen molar-refractivity contribution in [2.24, 2.45) is 0 Å². The minimum atomic E-state index is -0.242. The van der Waals surface area contributed by atoms with Crippen LogP contribution in [0.4, 0.5) is 5.82 Å². The van der Waals surface area contributed by atoms with Gasteiger partial charge < -0.3 is 5.32 Å². The van der Waals surface area contributed by atoms with Crippen molar-refractivity contribution in [1.82, 2.24) is 19.7 Å². The van der Waals surface area contributed by atoms with Crippen LogP contribution in [-0.2, 0) is 6.42 Å². The molecule has 7 nitrogen and oxygen atoms in total. The number of aromatic nitrogens is 4. The summed E-state index contributed by atoms with van der Waals surface area (Å²) < 4.78 is 1.44. The maximum Gasteiger partial charge on any atom is 0.257 e. The molecule has 0 aliphatic heterocycles. The van der Waals surface area contributed by atoms with Crippen molar-refractivity contribution >= 4 is 11.7 Å². The molecule has 3 rings (SSSR count). The summed E-state index contributed by atoms with van der Waals surface area (Å²) in [6.45, 7) is 7.39. The van der Waals surface area contributed by atoms with Crippen LogP contribution >= 0.6 is 0 Å². The normalized spacial score (nSPS) is 10.8. The maximum atomic E-state index is 12.6. The van der Waals surface area contributed by atoms with Crippen molar-refractivity contribution in [3.8, 4) is 5.95 Å². The fourth-order valence-electron chi connectivity index (χ4n) is 2.87. The molecule has 3 aromatic rings. The van der Waals surface area contributed by atoms with Crippen molar-refractivity contribution in [3.05, 3.63) is 68.8 Å². The predicted molar refractivity (Wildman–Crippen MR) is 100.0 cm³/mol. The molecular formula is C19H21N5O2. The van der Waals surface area contributed by atoms with Crippen LogP contribution in [0.3, 0.4) is 0 Å². The van der Waals surface area contributed by atoms with Gasteiger partial charge in [-0.1, -0.05) is 25.1 Å². The highest BCUT2D eigenvalue weighted by Gasteiger charge is 2.16. The molecule has 0 unspecified atom stereocenters. The third-order valence-electron chi connectivity index (χ3n) is 4.23. The summed E-state index contributed by atoms with van der Waals surface area (Å²) in [5.74, 6) is 0.480. The van der Waals surface area contributed by atoms with E-state index >= 15 is 0 Å². The Labute approximate surface area is 151 Å². The Hall–Kier alpha value is -3.22. The van der Waals surface area contributed by atoms with Gasteiger partial charge in [0.25, 0.3) is 11.5 Å². The van der Waals surface area contributed by atoms with E-state index < -0.39 is 0 Å². The maximum absolute atomic E-state index is 12.6. The molecule has 2 heterocycles. The first-order chi connectivity index (χ1) is 12.4. The first kappa shape index (κ1) is 17.6. The van der Waals surface area contributed by atoms with Gasteiger partial charge in [0, 0.05) is 22.9 Å². The van der Waals surface area contributed by atoms with Gasteiger partial charge in [0.15, 0.2) is 0 Å². The molecule has 0 bridgehead atoms. The number of aryl methyl sites for hydroxylation is 3. The zero-order chi connectivity index (χ0) is 18.8. The number of H-pyrrole nitrogens is 1. The van der Waals surface area contributed by atoms with Crippen molar-refractivity contribution in [2.75, 3.05) is 5.32 Å². The Morgan fingerprint density at radius 1 is 1.23 bits per heavy atom. The number of hydrogen-bond donors (Lipinski definition) is 2. The van der Waals surface area contributed by atoms with E-state index in [1.54, 1.807) is 19.1 Å². The molecule has 0 spiro atoms. The van der Waals surface area contributed by atoms with E-state index in [1.165, 1.54) is 4.68 Å². The lowest BCUT2D eigenvalue weighted by Crippen LogP contribution is -2.22. The van der Waals surface area contributed by atoms with Crippen molar-refractivity contribution < 1.29 is 4.79 Å². The Balaban J connectivity index is 2.01. The van der Waals surface area contributed by atoms with Crippen molar-refractivity contribution in [2.45, 2.75) is 34.1 Å². The number of carbonyl (C=O) groups is 1. The van der Waals surface area contributed by atoms with Crippen LogP contribution < -0.4 is 10.9 Å². The summed E-state index contributed by atoms with van der Waals surface area (Å²) in [5, 5.41) is 7.21. The Morgan fingerprint density at radius 3 is 2.62 bits per heavy atom. The van der Waals surface area contributed by atoms with Crippen LogP contribution in [-0.4, -0.2) is 25.7 Å². The summed E-state index contributed by atoms with van der Waals surface area (Å²) in [7, 11) is 0. The lowest BCUT2D eigenvalue weighted by atomic mass is 10.1. The van der Waals surface area contributed by atoms with Crippen LogP contribution in [0.2, 0.25) is 0 Å². The zero-order valence-electron chi connectivity index (χ0n) is 15.3. The third-order valence-corrected chi connectivity index (χ3v) is 4.23. The Kier molecular flexibility index (Phi) is 4.71. The summed E-state index contributed by atoms with van der Waals surface area (Å²) in [4.78, 5) is 32.0. The SMILES string of the molecule is CCc1c(C)nc(-n2nc(C)cc2NC(=O)c2ccccc2C)[nH]c1=O. The van der Waals surface area contributed by atoms with E-state index in [0.717, 1.165) is 5.56 Å². The molecule has 2 N–H and O–H groups in total. The van der Waals surface area contributed by atoms with Gasteiger partial charge in [0.2, 0.25) is 5.95 Å². The van der Waals surface area contributed by atoms with Gasteiger partial charge in [0.1, 0.15) is 5.82 Å².